The molecule has 116 valence electrons. The molecule has 22 heavy (non-hydrogen) atoms. The summed E-state index contributed by atoms with van der Waals surface area (Å²) in [6.07, 6.45) is 0.971. The van der Waals surface area contributed by atoms with Crippen molar-refractivity contribution in [1.29, 1.82) is 0 Å². The fourth-order valence-electron chi connectivity index (χ4n) is 2.65. The van der Waals surface area contributed by atoms with Crippen LogP contribution in [-0.4, -0.2) is 52.1 Å². The number of hydrogen-bond acceptors (Lipinski definition) is 5. The zero-order chi connectivity index (χ0) is 15.4. The fourth-order valence-corrected chi connectivity index (χ4v) is 2.65. The fraction of sp³-hybridized carbons (Fsp3) is 0.438. The molecule has 0 unspecified atom stereocenters. The van der Waals surface area contributed by atoms with Crippen molar-refractivity contribution in [2.45, 2.75) is 19.9 Å². The van der Waals surface area contributed by atoms with Crippen LogP contribution in [0.15, 0.2) is 34.7 Å². The number of aromatic nitrogens is 2. The van der Waals surface area contributed by atoms with Gasteiger partial charge in [-0.05, 0) is 18.6 Å². The number of hydrogen-bond donors (Lipinski definition) is 0. The van der Waals surface area contributed by atoms with Crippen molar-refractivity contribution in [3.63, 3.8) is 0 Å². The van der Waals surface area contributed by atoms with Crippen LogP contribution in [0, 0.1) is 0 Å². The third-order valence-electron chi connectivity index (χ3n) is 3.88. The van der Waals surface area contributed by atoms with Crippen molar-refractivity contribution in [3.05, 3.63) is 36.2 Å². The molecule has 3 rings (SSSR count). The molecule has 0 aliphatic carbocycles. The summed E-state index contributed by atoms with van der Waals surface area (Å²) in [6.45, 7) is 5.61. The Bertz CT molecular complexity index is 626. The molecule has 0 N–H and O–H groups in total. The molecule has 6 nitrogen and oxygen atoms in total. The lowest BCUT2D eigenvalue weighted by atomic mass is 10.2. The molecule has 0 radical (unpaired) electrons. The minimum Gasteiger partial charge on any atom is -0.419 e. The first kappa shape index (κ1) is 14.7. The van der Waals surface area contributed by atoms with Gasteiger partial charge in [-0.25, -0.2) is 0 Å². The van der Waals surface area contributed by atoms with E-state index in [2.05, 4.69) is 15.1 Å². The van der Waals surface area contributed by atoms with Crippen LogP contribution >= 0.6 is 0 Å². The monoisotopic (exact) mass is 300 g/mol. The van der Waals surface area contributed by atoms with Gasteiger partial charge >= 0.3 is 0 Å². The van der Waals surface area contributed by atoms with Crippen LogP contribution in [-0.2, 0) is 11.3 Å². The van der Waals surface area contributed by atoms with Gasteiger partial charge in [0.05, 0.1) is 6.54 Å². The summed E-state index contributed by atoms with van der Waals surface area (Å²) < 4.78 is 5.74. The third-order valence-corrected chi connectivity index (χ3v) is 3.88. The molecule has 1 aliphatic heterocycles. The predicted molar refractivity (Wildman–Crippen MR) is 81.9 cm³/mol. The van der Waals surface area contributed by atoms with E-state index < -0.39 is 0 Å². The molecule has 2 heterocycles. The lowest BCUT2D eigenvalue weighted by molar-refractivity contribution is -0.128. The van der Waals surface area contributed by atoms with Crippen LogP contribution in [0.3, 0.4) is 0 Å². The molecule has 0 bridgehead atoms. The van der Waals surface area contributed by atoms with Crippen molar-refractivity contribution in [2.24, 2.45) is 0 Å². The summed E-state index contributed by atoms with van der Waals surface area (Å²) in [7, 11) is 0. The Morgan fingerprint density at radius 3 is 2.73 bits per heavy atom. The maximum Gasteiger partial charge on any atom is 0.247 e. The van der Waals surface area contributed by atoms with Gasteiger partial charge in [0.1, 0.15) is 0 Å². The smallest absolute Gasteiger partial charge is 0.247 e. The summed E-state index contributed by atoms with van der Waals surface area (Å²) in [5.41, 5.74) is 0.930. The molecular formula is C16H20N4O2. The van der Waals surface area contributed by atoms with E-state index in [9.17, 15) is 4.79 Å². The molecule has 1 fully saturated rings. The highest BCUT2D eigenvalue weighted by Crippen LogP contribution is 2.18. The quantitative estimate of drug-likeness (QED) is 0.865. The maximum atomic E-state index is 11.4. The number of carbonyl (C=O) groups is 1. The van der Waals surface area contributed by atoms with Crippen molar-refractivity contribution in [2.75, 3.05) is 26.2 Å². The third kappa shape index (κ3) is 3.51. The van der Waals surface area contributed by atoms with Crippen molar-refractivity contribution in [3.8, 4) is 11.5 Å². The first-order chi connectivity index (χ1) is 10.7. The first-order valence-corrected chi connectivity index (χ1v) is 7.58. The molecule has 6 heteroatoms. The number of nitrogens with zero attached hydrogens (tertiary/aromatic N) is 4. The van der Waals surface area contributed by atoms with E-state index in [-0.39, 0.29) is 5.91 Å². The van der Waals surface area contributed by atoms with Crippen molar-refractivity contribution < 1.29 is 9.21 Å². The molecular weight excluding hydrogens is 280 g/mol. The van der Waals surface area contributed by atoms with Gasteiger partial charge in [0.15, 0.2) is 0 Å². The molecule has 1 aromatic heterocycles. The number of rotatable bonds is 3. The van der Waals surface area contributed by atoms with E-state index in [1.807, 2.05) is 35.2 Å². The summed E-state index contributed by atoms with van der Waals surface area (Å²) in [5.74, 6) is 1.32. The van der Waals surface area contributed by atoms with Gasteiger partial charge in [0.25, 0.3) is 0 Å². The average Bonchev–Trinajstić information content (AvgIpc) is 2.86. The molecule has 1 amide bonds. The predicted octanol–water partition coefficient (Wildman–Crippen LogP) is 1.79. The topological polar surface area (TPSA) is 62.5 Å². The highest BCUT2D eigenvalue weighted by molar-refractivity contribution is 5.73. The standard InChI is InChI=1S/C16H20N4O2/c1-13(21)20-9-5-8-19(10-11-20)12-15-17-18-16(22-15)14-6-3-2-4-7-14/h2-4,6-7H,5,8-12H2,1H3. The average molecular weight is 300 g/mol. The zero-order valence-corrected chi connectivity index (χ0v) is 12.7. The molecule has 2 aromatic rings. The van der Waals surface area contributed by atoms with Gasteiger partial charge in [0.2, 0.25) is 17.7 Å². The molecule has 0 saturated carbocycles. The lowest BCUT2D eigenvalue weighted by Gasteiger charge is -2.19. The number of carbonyl (C=O) groups excluding carboxylic acids is 1. The van der Waals surface area contributed by atoms with Crippen LogP contribution in [0.5, 0.6) is 0 Å². The van der Waals surface area contributed by atoms with Crippen LogP contribution in [0.4, 0.5) is 0 Å². The van der Waals surface area contributed by atoms with Gasteiger partial charge < -0.3 is 9.32 Å². The Kier molecular flexibility index (Phi) is 4.48. The number of amides is 1. The molecule has 1 saturated heterocycles. The van der Waals surface area contributed by atoms with Crippen LogP contribution < -0.4 is 0 Å². The Morgan fingerprint density at radius 2 is 1.95 bits per heavy atom. The largest absolute Gasteiger partial charge is 0.419 e. The summed E-state index contributed by atoms with van der Waals surface area (Å²) >= 11 is 0. The summed E-state index contributed by atoms with van der Waals surface area (Å²) in [6, 6.07) is 9.76. The zero-order valence-electron chi connectivity index (χ0n) is 12.7. The van der Waals surface area contributed by atoms with Gasteiger partial charge in [0, 0.05) is 38.7 Å². The number of benzene rings is 1. The molecule has 1 aliphatic rings. The second-order valence-electron chi connectivity index (χ2n) is 5.50. The normalized spacial score (nSPS) is 16.5. The highest BCUT2D eigenvalue weighted by Gasteiger charge is 2.18. The van der Waals surface area contributed by atoms with E-state index in [0.717, 1.165) is 38.2 Å². The second-order valence-corrected chi connectivity index (χ2v) is 5.50. The molecule has 1 aromatic carbocycles. The molecule has 0 atom stereocenters. The van der Waals surface area contributed by atoms with Crippen molar-refractivity contribution in [1.82, 2.24) is 20.0 Å². The summed E-state index contributed by atoms with van der Waals surface area (Å²) in [5, 5.41) is 8.24. The Balaban J connectivity index is 1.62. The highest BCUT2D eigenvalue weighted by atomic mass is 16.4. The van der Waals surface area contributed by atoms with Gasteiger partial charge in [-0.2, -0.15) is 0 Å². The van der Waals surface area contributed by atoms with Crippen LogP contribution in [0.1, 0.15) is 19.2 Å². The maximum absolute atomic E-state index is 11.4. The second kappa shape index (κ2) is 6.70. The van der Waals surface area contributed by atoms with E-state index in [1.165, 1.54) is 0 Å². The lowest BCUT2D eigenvalue weighted by Crippen LogP contribution is -2.33. The SMILES string of the molecule is CC(=O)N1CCCN(Cc2nnc(-c3ccccc3)o2)CC1. The van der Waals surface area contributed by atoms with E-state index >= 15 is 0 Å². The summed E-state index contributed by atoms with van der Waals surface area (Å²) in [4.78, 5) is 15.6. The Labute approximate surface area is 129 Å². The minimum absolute atomic E-state index is 0.144. The Morgan fingerprint density at radius 1 is 1.14 bits per heavy atom. The van der Waals surface area contributed by atoms with E-state index in [1.54, 1.807) is 6.92 Å². The van der Waals surface area contributed by atoms with E-state index in [4.69, 9.17) is 4.42 Å². The van der Waals surface area contributed by atoms with E-state index in [0.29, 0.717) is 18.3 Å². The first-order valence-electron chi connectivity index (χ1n) is 7.58. The Hall–Kier alpha value is -2.21. The minimum atomic E-state index is 0.144. The van der Waals surface area contributed by atoms with Gasteiger partial charge in [-0.1, -0.05) is 18.2 Å². The van der Waals surface area contributed by atoms with Crippen LogP contribution in [0.25, 0.3) is 11.5 Å². The van der Waals surface area contributed by atoms with Gasteiger partial charge in [-0.15, -0.1) is 10.2 Å². The van der Waals surface area contributed by atoms with Crippen LogP contribution in [0.2, 0.25) is 0 Å². The van der Waals surface area contributed by atoms with Crippen molar-refractivity contribution >= 4 is 5.91 Å². The molecule has 0 spiro atoms. The van der Waals surface area contributed by atoms with Gasteiger partial charge in [-0.3, -0.25) is 9.69 Å².